The molecule has 1 heterocycles. The number of nitrogens with zero attached hydrogens (tertiary/aromatic N) is 2. The highest BCUT2D eigenvalue weighted by Gasteiger charge is 2.20. The second-order valence-electron chi connectivity index (χ2n) is 6.25. The van der Waals surface area contributed by atoms with E-state index in [9.17, 15) is 9.59 Å². The van der Waals surface area contributed by atoms with E-state index in [4.69, 9.17) is 9.15 Å². The van der Waals surface area contributed by atoms with Gasteiger partial charge in [0.1, 0.15) is 6.26 Å². The standard InChI is InChI=1S/C21H22N2O5/c1-26-11-5-10-23(13-19-22-18(14-28-19)21(25)27-2)20(24)17-9-8-15-6-3-4-7-16(15)12-17/h3-4,6-9,12,14H,5,10-11,13H2,1-2H3. The molecule has 0 radical (unpaired) electrons. The van der Waals surface area contributed by atoms with E-state index >= 15 is 0 Å². The number of aromatic nitrogens is 1. The number of amides is 1. The van der Waals surface area contributed by atoms with Crippen LogP contribution < -0.4 is 0 Å². The molecule has 3 aromatic rings. The molecule has 0 aliphatic heterocycles. The van der Waals surface area contributed by atoms with Crippen LogP contribution in [0.4, 0.5) is 0 Å². The molecule has 7 nitrogen and oxygen atoms in total. The van der Waals surface area contributed by atoms with Gasteiger partial charge in [-0.3, -0.25) is 4.79 Å². The molecule has 1 aromatic heterocycles. The number of methoxy groups -OCH3 is 2. The molecule has 0 aliphatic rings. The normalized spacial score (nSPS) is 10.8. The highest BCUT2D eigenvalue weighted by atomic mass is 16.5. The molecule has 2 aromatic carbocycles. The van der Waals surface area contributed by atoms with Crippen molar-refractivity contribution in [1.82, 2.24) is 9.88 Å². The topological polar surface area (TPSA) is 81.9 Å². The van der Waals surface area contributed by atoms with Crippen LogP contribution in [0, 0.1) is 0 Å². The third-order valence-electron chi connectivity index (χ3n) is 4.33. The van der Waals surface area contributed by atoms with Crippen LogP contribution in [-0.4, -0.2) is 49.1 Å². The minimum absolute atomic E-state index is 0.0764. The molecule has 0 spiro atoms. The van der Waals surface area contributed by atoms with Crippen LogP contribution in [-0.2, 0) is 16.0 Å². The maximum absolute atomic E-state index is 13.1. The van der Waals surface area contributed by atoms with Gasteiger partial charge in [0.05, 0.1) is 13.7 Å². The van der Waals surface area contributed by atoms with Crippen LogP contribution in [0.1, 0.15) is 33.2 Å². The van der Waals surface area contributed by atoms with E-state index in [1.807, 2.05) is 42.5 Å². The second kappa shape index (κ2) is 9.14. The number of oxazole rings is 1. The lowest BCUT2D eigenvalue weighted by Crippen LogP contribution is -2.32. The van der Waals surface area contributed by atoms with Crippen molar-refractivity contribution in [2.75, 3.05) is 27.4 Å². The predicted molar refractivity (Wildman–Crippen MR) is 103 cm³/mol. The number of rotatable bonds is 8. The summed E-state index contributed by atoms with van der Waals surface area (Å²) < 4.78 is 15.1. The lowest BCUT2D eigenvalue weighted by Gasteiger charge is -2.21. The van der Waals surface area contributed by atoms with Crippen LogP contribution in [0.3, 0.4) is 0 Å². The maximum atomic E-state index is 13.1. The first-order chi connectivity index (χ1) is 13.6. The Kier molecular flexibility index (Phi) is 6.39. The Morgan fingerprint density at radius 1 is 1.11 bits per heavy atom. The summed E-state index contributed by atoms with van der Waals surface area (Å²) in [5, 5.41) is 2.06. The van der Waals surface area contributed by atoms with Gasteiger partial charge in [0.25, 0.3) is 5.91 Å². The van der Waals surface area contributed by atoms with Crippen LogP contribution in [0.15, 0.2) is 53.1 Å². The molecule has 3 rings (SSSR count). The Bertz CT molecular complexity index is 966. The lowest BCUT2D eigenvalue weighted by atomic mass is 10.1. The Labute approximate surface area is 162 Å². The third-order valence-corrected chi connectivity index (χ3v) is 4.33. The minimum atomic E-state index is -0.582. The number of carbonyl (C=O) groups excluding carboxylic acids is 2. The number of hydrogen-bond acceptors (Lipinski definition) is 6. The summed E-state index contributed by atoms with van der Waals surface area (Å²) in [7, 11) is 2.89. The zero-order valence-electron chi connectivity index (χ0n) is 15.9. The lowest BCUT2D eigenvalue weighted by molar-refractivity contribution is 0.0594. The smallest absolute Gasteiger partial charge is 0.360 e. The molecule has 0 saturated heterocycles. The fourth-order valence-electron chi connectivity index (χ4n) is 2.90. The van der Waals surface area contributed by atoms with Crippen molar-refractivity contribution < 1.29 is 23.5 Å². The van der Waals surface area contributed by atoms with Gasteiger partial charge in [-0.1, -0.05) is 30.3 Å². The SMILES string of the molecule is COCCCN(Cc1nc(C(=O)OC)co1)C(=O)c1ccc2ccccc2c1. The number of benzene rings is 2. The molecule has 0 atom stereocenters. The van der Waals surface area contributed by atoms with E-state index in [-0.39, 0.29) is 24.0 Å². The van der Waals surface area contributed by atoms with Crippen LogP contribution in [0.5, 0.6) is 0 Å². The van der Waals surface area contributed by atoms with Crippen molar-refractivity contribution in [3.05, 3.63) is 65.9 Å². The molecule has 0 N–H and O–H groups in total. The molecule has 0 aliphatic carbocycles. The van der Waals surface area contributed by atoms with Gasteiger partial charge < -0.3 is 18.8 Å². The molecule has 28 heavy (non-hydrogen) atoms. The molecule has 0 fully saturated rings. The van der Waals surface area contributed by atoms with Gasteiger partial charge in [0, 0.05) is 25.8 Å². The highest BCUT2D eigenvalue weighted by Crippen LogP contribution is 2.18. The van der Waals surface area contributed by atoms with Gasteiger partial charge in [-0.2, -0.15) is 0 Å². The molecule has 0 bridgehead atoms. The molecule has 7 heteroatoms. The first kappa shape index (κ1) is 19.6. The molecular formula is C21H22N2O5. The van der Waals surface area contributed by atoms with Crippen molar-refractivity contribution in [3.63, 3.8) is 0 Å². The number of hydrogen-bond donors (Lipinski definition) is 0. The average Bonchev–Trinajstić information content (AvgIpc) is 3.20. The summed E-state index contributed by atoms with van der Waals surface area (Å²) >= 11 is 0. The van der Waals surface area contributed by atoms with E-state index in [0.29, 0.717) is 25.1 Å². The van der Waals surface area contributed by atoms with Gasteiger partial charge in [-0.15, -0.1) is 0 Å². The van der Waals surface area contributed by atoms with E-state index in [1.54, 1.807) is 12.0 Å². The number of esters is 1. The minimum Gasteiger partial charge on any atom is -0.464 e. The second-order valence-corrected chi connectivity index (χ2v) is 6.25. The van der Waals surface area contributed by atoms with Crippen molar-refractivity contribution in [1.29, 1.82) is 0 Å². The van der Waals surface area contributed by atoms with Crippen molar-refractivity contribution in [3.8, 4) is 0 Å². The van der Waals surface area contributed by atoms with Gasteiger partial charge in [-0.25, -0.2) is 9.78 Å². The van der Waals surface area contributed by atoms with E-state index in [1.165, 1.54) is 13.4 Å². The molecule has 0 saturated carbocycles. The van der Waals surface area contributed by atoms with Crippen molar-refractivity contribution in [2.45, 2.75) is 13.0 Å². The maximum Gasteiger partial charge on any atom is 0.360 e. The fraction of sp³-hybridized carbons (Fsp3) is 0.286. The van der Waals surface area contributed by atoms with E-state index in [0.717, 1.165) is 10.8 Å². The largest absolute Gasteiger partial charge is 0.464 e. The summed E-state index contributed by atoms with van der Waals surface area (Å²) in [4.78, 5) is 30.4. The Balaban J connectivity index is 1.82. The summed E-state index contributed by atoms with van der Waals surface area (Å²) in [6.07, 6.45) is 1.90. The molecule has 0 unspecified atom stereocenters. The molecule has 1 amide bonds. The number of carbonyl (C=O) groups is 2. The fourth-order valence-corrected chi connectivity index (χ4v) is 2.90. The van der Waals surface area contributed by atoms with Gasteiger partial charge in [-0.05, 0) is 29.3 Å². The van der Waals surface area contributed by atoms with Gasteiger partial charge >= 0.3 is 5.97 Å². The summed E-state index contributed by atoms with van der Waals surface area (Å²) in [5.74, 6) is -0.451. The molecular weight excluding hydrogens is 360 g/mol. The Morgan fingerprint density at radius 3 is 2.64 bits per heavy atom. The van der Waals surface area contributed by atoms with Crippen LogP contribution in [0.2, 0.25) is 0 Å². The number of ether oxygens (including phenoxy) is 2. The first-order valence-corrected chi connectivity index (χ1v) is 8.92. The zero-order chi connectivity index (χ0) is 19.9. The summed E-state index contributed by atoms with van der Waals surface area (Å²) in [6, 6.07) is 13.5. The van der Waals surface area contributed by atoms with Crippen molar-refractivity contribution >= 4 is 22.6 Å². The molecule has 146 valence electrons. The number of fused-ring (bicyclic) bond motifs is 1. The third kappa shape index (κ3) is 4.55. The van der Waals surface area contributed by atoms with E-state index < -0.39 is 5.97 Å². The first-order valence-electron chi connectivity index (χ1n) is 8.92. The predicted octanol–water partition coefficient (Wildman–Crippen LogP) is 3.29. The monoisotopic (exact) mass is 382 g/mol. The van der Waals surface area contributed by atoms with Gasteiger partial charge in [0.2, 0.25) is 5.89 Å². The highest BCUT2D eigenvalue weighted by molar-refractivity contribution is 5.98. The van der Waals surface area contributed by atoms with Crippen LogP contribution in [0.25, 0.3) is 10.8 Å². The van der Waals surface area contributed by atoms with Crippen molar-refractivity contribution in [2.24, 2.45) is 0 Å². The summed E-state index contributed by atoms with van der Waals surface area (Å²) in [6.45, 7) is 1.14. The Morgan fingerprint density at radius 2 is 1.89 bits per heavy atom. The quantitative estimate of drug-likeness (QED) is 0.439. The van der Waals surface area contributed by atoms with E-state index in [2.05, 4.69) is 9.72 Å². The summed E-state index contributed by atoms with van der Waals surface area (Å²) in [5.41, 5.74) is 0.656. The Hall–Kier alpha value is -3.19. The van der Waals surface area contributed by atoms with Crippen LogP contribution >= 0.6 is 0 Å². The van der Waals surface area contributed by atoms with Gasteiger partial charge in [0.15, 0.2) is 5.69 Å². The average molecular weight is 382 g/mol. The zero-order valence-corrected chi connectivity index (χ0v) is 15.9.